The minimum atomic E-state index is -0.897. The molecule has 0 unspecified atom stereocenters. The Bertz CT molecular complexity index is 106. The van der Waals surface area contributed by atoms with E-state index in [1.807, 2.05) is 6.26 Å². The lowest BCUT2D eigenvalue weighted by Gasteiger charge is -2.32. The fourth-order valence-electron chi connectivity index (χ4n) is 1.14. The fourth-order valence-corrected chi connectivity index (χ4v) is 1.68. The molecule has 0 aliphatic carbocycles. The zero-order valence-corrected chi connectivity index (χ0v) is 7.38. The van der Waals surface area contributed by atoms with Crippen molar-refractivity contribution < 1.29 is 4.39 Å². The molecular weight excluding hydrogens is 149 g/mol. The molecule has 1 aliphatic rings. The Kier molecular flexibility index (Phi) is 2.58. The molecule has 0 aromatic heterocycles. The van der Waals surface area contributed by atoms with Crippen LogP contribution in [0.3, 0.4) is 0 Å². The van der Waals surface area contributed by atoms with Crippen LogP contribution >= 0.6 is 11.9 Å². The molecule has 60 valence electrons. The lowest BCUT2D eigenvalue weighted by atomic mass is 9.97. The molecule has 0 aromatic rings. The predicted octanol–water partition coefficient (Wildman–Crippen LogP) is 2.09. The molecule has 0 amide bonds. The lowest BCUT2D eigenvalue weighted by Crippen LogP contribution is -2.36. The van der Waals surface area contributed by atoms with Crippen LogP contribution in [0, 0.1) is 0 Å². The Labute approximate surface area is 66.1 Å². The van der Waals surface area contributed by atoms with Gasteiger partial charge in [-0.2, -0.15) is 0 Å². The van der Waals surface area contributed by atoms with Crippen molar-refractivity contribution in [3.63, 3.8) is 0 Å². The average Bonchev–Trinajstić information content (AvgIpc) is 1.88. The summed E-state index contributed by atoms with van der Waals surface area (Å²) in [6.45, 7) is 3.49. The van der Waals surface area contributed by atoms with Crippen molar-refractivity contribution in [1.29, 1.82) is 0 Å². The van der Waals surface area contributed by atoms with E-state index in [0.717, 1.165) is 13.1 Å². The van der Waals surface area contributed by atoms with Gasteiger partial charge in [0.1, 0.15) is 5.67 Å². The van der Waals surface area contributed by atoms with Gasteiger partial charge in [0.25, 0.3) is 0 Å². The van der Waals surface area contributed by atoms with Gasteiger partial charge in [-0.15, -0.1) is 0 Å². The molecule has 0 saturated carbocycles. The number of hydrogen-bond acceptors (Lipinski definition) is 2. The van der Waals surface area contributed by atoms with Gasteiger partial charge in [-0.1, -0.05) is 11.9 Å². The summed E-state index contributed by atoms with van der Waals surface area (Å²) >= 11 is 1.71. The van der Waals surface area contributed by atoms with E-state index >= 15 is 0 Å². The van der Waals surface area contributed by atoms with E-state index in [1.54, 1.807) is 18.9 Å². The highest BCUT2D eigenvalue weighted by Crippen LogP contribution is 2.27. The molecule has 1 fully saturated rings. The smallest absolute Gasteiger partial charge is 0.110 e. The monoisotopic (exact) mass is 163 g/mol. The Balaban J connectivity index is 2.31. The van der Waals surface area contributed by atoms with Crippen LogP contribution in [0.15, 0.2) is 0 Å². The van der Waals surface area contributed by atoms with E-state index in [9.17, 15) is 4.39 Å². The van der Waals surface area contributed by atoms with Gasteiger partial charge in [0.05, 0.1) is 0 Å². The molecule has 1 heterocycles. The van der Waals surface area contributed by atoms with Gasteiger partial charge < -0.3 is 0 Å². The molecule has 1 nitrogen and oxygen atoms in total. The third kappa shape index (κ3) is 2.13. The molecule has 10 heavy (non-hydrogen) atoms. The summed E-state index contributed by atoms with van der Waals surface area (Å²) in [7, 11) is 0. The molecule has 3 heteroatoms. The van der Waals surface area contributed by atoms with Gasteiger partial charge in [0.15, 0.2) is 0 Å². The van der Waals surface area contributed by atoms with Crippen molar-refractivity contribution in [2.75, 3.05) is 19.3 Å². The number of piperidine rings is 1. The SMILES string of the molecule is CSN1CCC(C)(F)CC1. The lowest BCUT2D eigenvalue weighted by molar-refractivity contribution is 0.113. The third-order valence-corrected chi connectivity index (χ3v) is 2.90. The topological polar surface area (TPSA) is 3.24 Å². The minimum Gasteiger partial charge on any atom is -0.251 e. The Hall–Kier alpha value is 0.240. The zero-order valence-electron chi connectivity index (χ0n) is 6.56. The summed E-state index contributed by atoms with van der Waals surface area (Å²) in [5.41, 5.74) is -0.897. The van der Waals surface area contributed by atoms with Crippen LogP contribution in [0.25, 0.3) is 0 Å². The molecule has 0 radical (unpaired) electrons. The van der Waals surface area contributed by atoms with E-state index in [-0.39, 0.29) is 0 Å². The zero-order chi connectivity index (χ0) is 7.61. The molecule has 0 spiro atoms. The Morgan fingerprint density at radius 2 is 1.90 bits per heavy atom. The van der Waals surface area contributed by atoms with E-state index < -0.39 is 5.67 Å². The van der Waals surface area contributed by atoms with Crippen molar-refractivity contribution in [3.8, 4) is 0 Å². The standard InChI is InChI=1S/C7H14FNS/c1-7(8)3-5-9(10-2)6-4-7/h3-6H2,1-2H3. The first-order chi connectivity index (χ1) is 4.64. The molecule has 1 aliphatic heterocycles. The molecule has 0 aromatic carbocycles. The van der Waals surface area contributed by atoms with Gasteiger partial charge >= 0.3 is 0 Å². The number of halogens is 1. The summed E-state index contributed by atoms with van der Waals surface area (Å²) in [5.74, 6) is 0. The Morgan fingerprint density at radius 3 is 2.30 bits per heavy atom. The number of alkyl halides is 1. The molecule has 0 atom stereocenters. The largest absolute Gasteiger partial charge is 0.251 e. The molecular formula is C7H14FNS. The second kappa shape index (κ2) is 3.09. The summed E-state index contributed by atoms with van der Waals surface area (Å²) in [6.07, 6.45) is 3.42. The number of hydrogen-bond donors (Lipinski definition) is 0. The second-order valence-corrected chi connectivity index (χ2v) is 3.91. The number of nitrogens with zero attached hydrogens (tertiary/aromatic N) is 1. The van der Waals surface area contributed by atoms with E-state index in [1.165, 1.54) is 0 Å². The second-order valence-electron chi connectivity index (χ2n) is 3.02. The van der Waals surface area contributed by atoms with Crippen molar-refractivity contribution in [2.24, 2.45) is 0 Å². The van der Waals surface area contributed by atoms with Crippen LogP contribution in [-0.4, -0.2) is 29.3 Å². The van der Waals surface area contributed by atoms with Crippen LogP contribution in [-0.2, 0) is 0 Å². The third-order valence-electron chi connectivity index (χ3n) is 2.02. The maximum absolute atomic E-state index is 13.1. The first kappa shape index (κ1) is 8.34. The van der Waals surface area contributed by atoms with E-state index in [2.05, 4.69) is 4.31 Å². The summed E-state index contributed by atoms with van der Waals surface area (Å²) in [4.78, 5) is 0. The summed E-state index contributed by atoms with van der Waals surface area (Å²) < 4.78 is 15.4. The van der Waals surface area contributed by atoms with Crippen molar-refractivity contribution in [3.05, 3.63) is 0 Å². The van der Waals surface area contributed by atoms with Crippen molar-refractivity contribution in [2.45, 2.75) is 25.4 Å². The van der Waals surface area contributed by atoms with Gasteiger partial charge in [-0.05, 0) is 26.0 Å². The average molecular weight is 163 g/mol. The normalized spacial score (nSPS) is 26.7. The van der Waals surface area contributed by atoms with Crippen LogP contribution in [0.5, 0.6) is 0 Å². The fraction of sp³-hybridized carbons (Fsp3) is 1.00. The number of rotatable bonds is 1. The van der Waals surface area contributed by atoms with Gasteiger partial charge in [-0.25, -0.2) is 4.39 Å². The molecule has 0 bridgehead atoms. The van der Waals surface area contributed by atoms with Crippen molar-refractivity contribution >= 4 is 11.9 Å². The molecule has 1 saturated heterocycles. The minimum absolute atomic E-state index is 0.688. The maximum Gasteiger partial charge on any atom is 0.110 e. The maximum atomic E-state index is 13.1. The molecule has 0 N–H and O–H groups in total. The first-order valence-corrected chi connectivity index (χ1v) is 4.80. The van der Waals surface area contributed by atoms with Gasteiger partial charge in [0, 0.05) is 13.1 Å². The van der Waals surface area contributed by atoms with Crippen molar-refractivity contribution in [1.82, 2.24) is 4.31 Å². The summed E-state index contributed by atoms with van der Waals surface area (Å²) in [6, 6.07) is 0. The van der Waals surface area contributed by atoms with Gasteiger partial charge in [-0.3, -0.25) is 4.31 Å². The predicted molar refractivity (Wildman–Crippen MR) is 43.8 cm³/mol. The quantitative estimate of drug-likeness (QED) is 0.544. The highest BCUT2D eigenvalue weighted by Gasteiger charge is 2.28. The first-order valence-electron chi connectivity index (χ1n) is 3.62. The highest BCUT2D eigenvalue weighted by molar-refractivity contribution is 7.96. The van der Waals surface area contributed by atoms with E-state index in [4.69, 9.17) is 0 Å². The van der Waals surface area contributed by atoms with Crippen LogP contribution < -0.4 is 0 Å². The molecule has 1 rings (SSSR count). The highest BCUT2D eigenvalue weighted by atomic mass is 32.2. The van der Waals surface area contributed by atoms with Crippen LogP contribution in [0.2, 0.25) is 0 Å². The van der Waals surface area contributed by atoms with Crippen LogP contribution in [0.1, 0.15) is 19.8 Å². The van der Waals surface area contributed by atoms with Gasteiger partial charge in [0.2, 0.25) is 0 Å². The van der Waals surface area contributed by atoms with E-state index in [0.29, 0.717) is 12.8 Å². The summed E-state index contributed by atoms with van der Waals surface area (Å²) in [5, 5.41) is 0. The van der Waals surface area contributed by atoms with Crippen LogP contribution in [0.4, 0.5) is 4.39 Å². The Morgan fingerprint density at radius 1 is 1.40 bits per heavy atom.